The summed E-state index contributed by atoms with van der Waals surface area (Å²) >= 11 is 0. The van der Waals surface area contributed by atoms with Gasteiger partial charge in [0.05, 0.1) is 12.0 Å². The number of amides is 2. The van der Waals surface area contributed by atoms with Crippen molar-refractivity contribution in [2.24, 2.45) is 5.92 Å². The van der Waals surface area contributed by atoms with Gasteiger partial charge in [-0.1, -0.05) is 45.0 Å². The molecule has 9 heteroatoms. The molecule has 2 aromatic rings. The molecule has 0 bridgehead atoms. The lowest BCUT2D eigenvalue weighted by atomic mass is 10.1. The second kappa shape index (κ2) is 14.0. The smallest absolute Gasteiger partial charge is 0.242 e. The highest BCUT2D eigenvalue weighted by Crippen LogP contribution is 2.17. The third-order valence-electron chi connectivity index (χ3n) is 5.90. The molecule has 36 heavy (non-hydrogen) atoms. The molecule has 0 saturated carbocycles. The number of hydrogen-bond acceptors (Lipinski definition) is 5. The third-order valence-corrected chi connectivity index (χ3v) is 7.46. The predicted octanol–water partition coefficient (Wildman–Crippen LogP) is 3.51. The minimum atomic E-state index is -3.52. The maximum Gasteiger partial charge on any atom is 0.242 e. The Morgan fingerprint density at radius 1 is 0.972 bits per heavy atom. The van der Waals surface area contributed by atoms with Crippen LogP contribution in [0.5, 0.6) is 5.75 Å². The van der Waals surface area contributed by atoms with Gasteiger partial charge in [0.2, 0.25) is 21.8 Å². The van der Waals surface area contributed by atoms with Crippen molar-refractivity contribution in [2.75, 3.05) is 20.2 Å². The van der Waals surface area contributed by atoms with E-state index in [1.807, 2.05) is 24.3 Å². The summed E-state index contributed by atoms with van der Waals surface area (Å²) in [5.74, 6) is 0.852. The number of benzene rings is 2. The zero-order valence-electron chi connectivity index (χ0n) is 21.9. The largest absolute Gasteiger partial charge is 0.497 e. The number of rotatable bonds is 14. The average molecular weight is 518 g/mol. The van der Waals surface area contributed by atoms with Gasteiger partial charge in [0.1, 0.15) is 11.8 Å². The molecule has 0 aliphatic rings. The Morgan fingerprint density at radius 2 is 1.58 bits per heavy atom. The fourth-order valence-corrected chi connectivity index (χ4v) is 4.69. The maximum absolute atomic E-state index is 13.3. The van der Waals surface area contributed by atoms with Crippen LogP contribution in [0.3, 0.4) is 0 Å². The van der Waals surface area contributed by atoms with Crippen LogP contribution in [0.15, 0.2) is 53.4 Å². The lowest BCUT2D eigenvalue weighted by molar-refractivity contribution is -0.140. The zero-order chi connectivity index (χ0) is 26.7. The fourth-order valence-electron chi connectivity index (χ4n) is 3.65. The number of carbonyl (C=O) groups is 2. The Labute approximate surface area is 215 Å². The number of nitrogens with one attached hydrogen (secondary N) is 2. The van der Waals surface area contributed by atoms with Gasteiger partial charge >= 0.3 is 0 Å². The van der Waals surface area contributed by atoms with Crippen molar-refractivity contribution in [3.63, 3.8) is 0 Å². The first-order valence-corrected chi connectivity index (χ1v) is 13.8. The number of aryl methyl sites for hydroxylation is 1. The van der Waals surface area contributed by atoms with Crippen LogP contribution < -0.4 is 14.8 Å². The van der Waals surface area contributed by atoms with Gasteiger partial charge in [0, 0.05) is 26.1 Å². The van der Waals surface area contributed by atoms with Gasteiger partial charge in [-0.05, 0) is 61.1 Å². The molecular weight excluding hydrogens is 478 g/mol. The molecule has 198 valence electrons. The van der Waals surface area contributed by atoms with E-state index in [4.69, 9.17) is 4.74 Å². The van der Waals surface area contributed by atoms with Gasteiger partial charge in [-0.2, -0.15) is 0 Å². The number of carbonyl (C=O) groups excluding carboxylic acids is 2. The molecule has 0 aliphatic carbocycles. The summed E-state index contributed by atoms with van der Waals surface area (Å²) in [6, 6.07) is 13.3. The lowest BCUT2D eigenvalue weighted by Crippen LogP contribution is -2.48. The molecule has 0 aromatic heterocycles. The zero-order valence-corrected chi connectivity index (χ0v) is 22.7. The number of sulfonamides is 1. The molecule has 0 fully saturated rings. The van der Waals surface area contributed by atoms with Crippen molar-refractivity contribution < 1.29 is 22.7 Å². The molecule has 2 amide bonds. The van der Waals surface area contributed by atoms with Gasteiger partial charge in [-0.15, -0.1) is 0 Å². The number of methoxy groups -OCH3 is 1. The highest BCUT2D eigenvalue weighted by atomic mass is 32.2. The Kier molecular flexibility index (Phi) is 11.4. The summed E-state index contributed by atoms with van der Waals surface area (Å²) in [7, 11) is -1.93. The van der Waals surface area contributed by atoms with E-state index >= 15 is 0 Å². The molecule has 0 heterocycles. The number of nitrogens with zero attached hydrogens (tertiary/aromatic N) is 1. The molecule has 0 saturated heterocycles. The van der Waals surface area contributed by atoms with Crippen LogP contribution in [0.25, 0.3) is 0 Å². The van der Waals surface area contributed by atoms with Crippen LogP contribution in [-0.4, -0.2) is 51.4 Å². The molecule has 1 unspecified atom stereocenters. The van der Waals surface area contributed by atoms with Crippen molar-refractivity contribution in [1.29, 1.82) is 0 Å². The number of hydrogen-bond donors (Lipinski definition) is 2. The summed E-state index contributed by atoms with van der Waals surface area (Å²) in [4.78, 5) is 27.9. The first-order chi connectivity index (χ1) is 17.1. The lowest BCUT2D eigenvalue weighted by Gasteiger charge is -2.29. The predicted molar refractivity (Wildman–Crippen MR) is 141 cm³/mol. The average Bonchev–Trinajstić information content (AvgIpc) is 2.85. The molecule has 0 aliphatic heterocycles. The van der Waals surface area contributed by atoms with Crippen LogP contribution in [0, 0.1) is 5.92 Å². The summed E-state index contributed by atoms with van der Waals surface area (Å²) in [6.07, 6.45) is 1.49. The van der Waals surface area contributed by atoms with Crippen molar-refractivity contribution in [1.82, 2.24) is 14.9 Å². The normalized spacial score (nSPS) is 12.3. The molecular formula is C27H39N3O5S. The highest BCUT2D eigenvalue weighted by molar-refractivity contribution is 7.89. The van der Waals surface area contributed by atoms with E-state index in [1.54, 1.807) is 38.0 Å². The van der Waals surface area contributed by atoms with E-state index in [2.05, 4.69) is 23.9 Å². The van der Waals surface area contributed by atoms with E-state index in [1.165, 1.54) is 12.1 Å². The van der Waals surface area contributed by atoms with E-state index in [0.29, 0.717) is 32.0 Å². The van der Waals surface area contributed by atoms with Crippen molar-refractivity contribution in [3.05, 3.63) is 59.7 Å². The maximum atomic E-state index is 13.3. The topological polar surface area (TPSA) is 105 Å². The Bertz CT molecular complexity index is 1080. The van der Waals surface area contributed by atoms with Crippen molar-refractivity contribution >= 4 is 21.8 Å². The van der Waals surface area contributed by atoms with Crippen LogP contribution in [0.4, 0.5) is 0 Å². The van der Waals surface area contributed by atoms with E-state index in [0.717, 1.165) is 23.3 Å². The third kappa shape index (κ3) is 8.95. The molecule has 0 spiro atoms. The van der Waals surface area contributed by atoms with Crippen LogP contribution in [0.1, 0.15) is 51.7 Å². The molecule has 2 aromatic carbocycles. The summed E-state index contributed by atoms with van der Waals surface area (Å²) in [5.41, 5.74) is 1.74. The Balaban J connectivity index is 2.12. The Morgan fingerprint density at radius 3 is 2.14 bits per heavy atom. The quantitative estimate of drug-likeness (QED) is 0.399. The van der Waals surface area contributed by atoms with Gasteiger partial charge in [-0.3, -0.25) is 9.59 Å². The second-order valence-corrected chi connectivity index (χ2v) is 10.9. The SMILES string of the molecule is CCNS(=O)(=O)c1ccc(CCC(=O)N(Cc2ccc(OC)cc2)C(C)C(=O)NCCC(C)C)cc1. The van der Waals surface area contributed by atoms with Crippen molar-refractivity contribution in [2.45, 2.75) is 64.4 Å². The fraction of sp³-hybridized carbons (Fsp3) is 0.481. The summed E-state index contributed by atoms with van der Waals surface area (Å²) in [6.45, 7) is 8.82. The summed E-state index contributed by atoms with van der Waals surface area (Å²) in [5, 5.41) is 2.94. The monoisotopic (exact) mass is 517 g/mol. The first-order valence-electron chi connectivity index (χ1n) is 12.4. The first kappa shape index (κ1) is 29.3. The number of ether oxygens (including phenoxy) is 1. The Hall–Kier alpha value is -2.91. The molecule has 1 atom stereocenters. The van der Waals surface area contributed by atoms with E-state index in [-0.39, 0.29) is 23.1 Å². The highest BCUT2D eigenvalue weighted by Gasteiger charge is 2.26. The molecule has 2 rings (SSSR count). The summed E-state index contributed by atoms with van der Waals surface area (Å²) < 4.78 is 32.0. The van der Waals surface area contributed by atoms with Crippen molar-refractivity contribution in [3.8, 4) is 5.75 Å². The second-order valence-electron chi connectivity index (χ2n) is 9.16. The van der Waals surface area contributed by atoms with E-state index in [9.17, 15) is 18.0 Å². The molecule has 8 nitrogen and oxygen atoms in total. The van der Waals surface area contributed by atoms with Crippen LogP contribution in [0.2, 0.25) is 0 Å². The minimum Gasteiger partial charge on any atom is -0.497 e. The van der Waals surface area contributed by atoms with Crippen LogP contribution >= 0.6 is 0 Å². The van der Waals surface area contributed by atoms with Crippen LogP contribution in [-0.2, 0) is 32.6 Å². The molecule has 0 radical (unpaired) electrons. The van der Waals surface area contributed by atoms with Gasteiger partial charge in [-0.25, -0.2) is 13.1 Å². The standard InChI is InChI=1S/C27H39N3O5S/c1-6-29-36(33,34)25-14-9-22(10-15-25)11-16-26(31)30(19-23-7-12-24(35-5)13-8-23)21(4)27(32)28-18-17-20(2)3/h7-10,12-15,20-21,29H,6,11,16-19H2,1-5H3,(H,28,32). The molecule has 2 N–H and O–H groups in total. The minimum absolute atomic E-state index is 0.151. The van der Waals surface area contributed by atoms with E-state index < -0.39 is 16.1 Å². The van der Waals surface area contributed by atoms with Gasteiger partial charge in [0.15, 0.2) is 0 Å². The van der Waals surface area contributed by atoms with Gasteiger partial charge < -0.3 is 15.0 Å². The van der Waals surface area contributed by atoms with Gasteiger partial charge in [0.25, 0.3) is 0 Å².